The van der Waals surface area contributed by atoms with Crippen LogP contribution in [0.5, 0.6) is 0 Å². The van der Waals surface area contributed by atoms with Crippen LogP contribution in [0.25, 0.3) is 11.1 Å². The third-order valence-corrected chi connectivity index (χ3v) is 7.48. The average molecular weight is 468 g/mol. The molecule has 0 spiro atoms. The number of aryl methyl sites for hydroxylation is 2. The first kappa shape index (κ1) is 22.8. The minimum Gasteiger partial charge on any atom is -0.338 e. The molecule has 33 heavy (non-hydrogen) atoms. The van der Waals surface area contributed by atoms with Gasteiger partial charge in [0.05, 0.1) is 10.5 Å². The van der Waals surface area contributed by atoms with Crippen LogP contribution in [0, 0.1) is 13.8 Å². The first-order valence-electron chi connectivity index (χ1n) is 10.5. The number of nitrogens with one attached hydrogen (secondary N) is 1. The standard InChI is InChI=1S/C23H25N5O4S/c1-16-11-17(2)13-19(12-16)18-3-5-21(6-4-18)33(31,32)28-9-7-27(8-10-28)23-24-14-20(15-25-23)22(29)26-30/h3-6,11-15,30H,7-10H2,1-2H3,(H,26,29). The van der Waals surface area contributed by atoms with Gasteiger partial charge >= 0.3 is 0 Å². The van der Waals surface area contributed by atoms with Crippen LogP contribution in [0.1, 0.15) is 21.5 Å². The molecule has 4 rings (SSSR count). The molecule has 1 aliphatic rings. The molecule has 1 aliphatic heterocycles. The summed E-state index contributed by atoms with van der Waals surface area (Å²) in [5.74, 6) is -0.291. The summed E-state index contributed by atoms with van der Waals surface area (Å²) in [4.78, 5) is 21.8. The molecule has 2 N–H and O–H groups in total. The van der Waals surface area contributed by atoms with E-state index in [-0.39, 0.29) is 10.5 Å². The zero-order valence-electron chi connectivity index (χ0n) is 18.4. The third kappa shape index (κ3) is 4.87. The first-order valence-corrected chi connectivity index (χ1v) is 11.9. The third-order valence-electron chi connectivity index (χ3n) is 5.57. The molecule has 1 saturated heterocycles. The molecule has 0 radical (unpaired) electrons. The number of anilines is 1. The number of benzene rings is 2. The maximum absolute atomic E-state index is 13.1. The number of piperazine rings is 1. The van der Waals surface area contributed by atoms with Crippen LogP contribution in [0.15, 0.2) is 59.8 Å². The zero-order valence-corrected chi connectivity index (χ0v) is 19.2. The quantitative estimate of drug-likeness (QED) is 0.437. The largest absolute Gasteiger partial charge is 0.338 e. The number of sulfonamides is 1. The Balaban J connectivity index is 1.44. The summed E-state index contributed by atoms with van der Waals surface area (Å²) in [7, 11) is -3.62. The molecule has 3 aromatic rings. The number of rotatable bonds is 5. The fraction of sp³-hybridized carbons (Fsp3) is 0.261. The second kappa shape index (κ2) is 9.26. The molecule has 1 aromatic heterocycles. The fourth-order valence-corrected chi connectivity index (χ4v) is 5.33. The second-order valence-corrected chi connectivity index (χ2v) is 9.94. The van der Waals surface area contributed by atoms with Crippen molar-refractivity contribution >= 4 is 21.9 Å². The van der Waals surface area contributed by atoms with Crippen molar-refractivity contribution in [2.75, 3.05) is 31.1 Å². The lowest BCUT2D eigenvalue weighted by molar-refractivity contribution is 0.0705. The van der Waals surface area contributed by atoms with Gasteiger partial charge in [-0.05, 0) is 37.1 Å². The van der Waals surface area contributed by atoms with Gasteiger partial charge in [-0.15, -0.1) is 0 Å². The monoisotopic (exact) mass is 467 g/mol. The van der Waals surface area contributed by atoms with Crippen LogP contribution in [-0.2, 0) is 10.0 Å². The summed E-state index contributed by atoms with van der Waals surface area (Å²) in [5.41, 5.74) is 6.02. The number of carbonyl (C=O) groups is 1. The highest BCUT2D eigenvalue weighted by atomic mass is 32.2. The molecule has 2 heterocycles. The van der Waals surface area contributed by atoms with Gasteiger partial charge in [0.2, 0.25) is 16.0 Å². The van der Waals surface area contributed by atoms with E-state index in [0.29, 0.717) is 32.1 Å². The summed E-state index contributed by atoms with van der Waals surface area (Å²) in [5, 5.41) is 8.67. The van der Waals surface area contributed by atoms with Gasteiger partial charge in [-0.2, -0.15) is 4.31 Å². The molecule has 0 atom stereocenters. The van der Waals surface area contributed by atoms with E-state index in [1.54, 1.807) is 12.1 Å². The molecule has 0 bridgehead atoms. The summed E-state index contributed by atoms with van der Waals surface area (Å²) < 4.78 is 27.8. The van der Waals surface area contributed by atoms with E-state index in [0.717, 1.165) is 22.3 Å². The van der Waals surface area contributed by atoms with Crippen LogP contribution in [0.2, 0.25) is 0 Å². The van der Waals surface area contributed by atoms with Gasteiger partial charge in [0, 0.05) is 38.6 Å². The number of hydroxylamine groups is 1. The smallest absolute Gasteiger partial charge is 0.277 e. The molecule has 1 amide bonds. The molecule has 10 heteroatoms. The van der Waals surface area contributed by atoms with E-state index in [1.807, 2.05) is 30.9 Å². The number of aromatic nitrogens is 2. The topological polar surface area (TPSA) is 116 Å². The Morgan fingerprint density at radius 3 is 2.03 bits per heavy atom. The van der Waals surface area contributed by atoms with Crippen molar-refractivity contribution in [2.24, 2.45) is 0 Å². The summed E-state index contributed by atoms with van der Waals surface area (Å²) in [6, 6.07) is 13.3. The average Bonchev–Trinajstić information content (AvgIpc) is 2.83. The summed E-state index contributed by atoms with van der Waals surface area (Å²) in [6.07, 6.45) is 2.63. The fourth-order valence-electron chi connectivity index (χ4n) is 3.90. The van der Waals surface area contributed by atoms with Crippen molar-refractivity contribution in [3.05, 3.63) is 71.5 Å². The van der Waals surface area contributed by atoms with Crippen LogP contribution < -0.4 is 10.4 Å². The lowest BCUT2D eigenvalue weighted by Crippen LogP contribution is -2.49. The number of hydrogen-bond donors (Lipinski definition) is 2. The Labute approximate surface area is 192 Å². The van der Waals surface area contributed by atoms with Crippen LogP contribution in [0.3, 0.4) is 0 Å². The van der Waals surface area contributed by atoms with Gasteiger partial charge in [-0.3, -0.25) is 10.0 Å². The molecule has 0 unspecified atom stereocenters. The van der Waals surface area contributed by atoms with E-state index < -0.39 is 15.9 Å². The molecule has 1 fully saturated rings. The van der Waals surface area contributed by atoms with Gasteiger partial charge < -0.3 is 4.90 Å². The van der Waals surface area contributed by atoms with Crippen LogP contribution in [0.4, 0.5) is 5.95 Å². The Morgan fingerprint density at radius 2 is 1.48 bits per heavy atom. The molecule has 0 aliphatic carbocycles. The molecule has 9 nitrogen and oxygen atoms in total. The molecular formula is C23H25N5O4S. The Bertz CT molecular complexity index is 1230. The van der Waals surface area contributed by atoms with E-state index in [2.05, 4.69) is 28.2 Å². The van der Waals surface area contributed by atoms with Crippen LogP contribution >= 0.6 is 0 Å². The highest BCUT2D eigenvalue weighted by Crippen LogP contribution is 2.25. The van der Waals surface area contributed by atoms with E-state index in [9.17, 15) is 13.2 Å². The predicted molar refractivity (Wildman–Crippen MR) is 124 cm³/mol. The minimum absolute atomic E-state index is 0.131. The van der Waals surface area contributed by atoms with Crippen LogP contribution in [-0.4, -0.2) is 60.0 Å². The van der Waals surface area contributed by atoms with Crippen molar-refractivity contribution in [3.63, 3.8) is 0 Å². The van der Waals surface area contributed by atoms with Crippen molar-refractivity contribution in [3.8, 4) is 11.1 Å². The SMILES string of the molecule is Cc1cc(C)cc(-c2ccc(S(=O)(=O)N3CCN(c4ncc(C(=O)NO)cn4)CC3)cc2)c1. The maximum atomic E-state index is 13.1. The number of hydrogen-bond acceptors (Lipinski definition) is 7. The maximum Gasteiger partial charge on any atom is 0.277 e. The van der Waals surface area contributed by atoms with Gasteiger partial charge in [-0.25, -0.2) is 23.9 Å². The first-order chi connectivity index (χ1) is 15.8. The molecule has 0 saturated carbocycles. The van der Waals surface area contributed by atoms with E-state index in [1.165, 1.54) is 22.2 Å². The van der Waals surface area contributed by atoms with Gasteiger partial charge in [0.1, 0.15) is 0 Å². The zero-order chi connectivity index (χ0) is 23.6. The lowest BCUT2D eigenvalue weighted by atomic mass is 10.0. The Hall–Kier alpha value is -3.34. The number of nitrogens with zero attached hydrogens (tertiary/aromatic N) is 4. The van der Waals surface area contributed by atoms with E-state index in [4.69, 9.17) is 5.21 Å². The predicted octanol–water partition coefficient (Wildman–Crippen LogP) is 2.39. The van der Waals surface area contributed by atoms with Crippen molar-refractivity contribution < 1.29 is 18.4 Å². The lowest BCUT2D eigenvalue weighted by Gasteiger charge is -2.34. The minimum atomic E-state index is -3.62. The Kier molecular flexibility index (Phi) is 6.41. The number of carbonyl (C=O) groups excluding carboxylic acids is 1. The molecular weight excluding hydrogens is 442 g/mol. The highest BCUT2D eigenvalue weighted by molar-refractivity contribution is 7.89. The van der Waals surface area contributed by atoms with Crippen molar-refractivity contribution in [1.29, 1.82) is 0 Å². The van der Waals surface area contributed by atoms with Gasteiger partial charge in [0.15, 0.2) is 0 Å². The normalized spacial score (nSPS) is 14.8. The van der Waals surface area contributed by atoms with Gasteiger partial charge in [-0.1, -0.05) is 41.5 Å². The van der Waals surface area contributed by atoms with Gasteiger partial charge in [0.25, 0.3) is 5.91 Å². The molecule has 172 valence electrons. The van der Waals surface area contributed by atoms with Crippen molar-refractivity contribution in [2.45, 2.75) is 18.7 Å². The number of amides is 1. The molecule has 2 aromatic carbocycles. The Morgan fingerprint density at radius 1 is 0.909 bits per heavy atom. The second-order valence-electron chi connectivity index (χ2n) is 8.00. The van der Waals surface area contributed by atoms with E-state index >= 15 is 0 Å². The summed E-state index contributed by atoms with van der Waals surface area (Å²) >= 11 is 0. The van der Waals surface area contributed by atoms with Crippen molar-refractivity contribution in [1.82, 2.24) is 19.8 Å². The highest BCUT2D eigenvalue weighted by Gasteiger charge is 2.29. The summed E-state index contributed by atoms with van der Waals surface area (Å²) in [6.45, 7) is 5.52.